The van der Waals surface area contributed by atoms with Crippen LogP contribution in [0.3, 0.4) is 0 Å². The van der Waals surface area contributed by atoms with Crippen LogP contribution in [-0.4, -0.2) is 26.1 Å². The second-order valence-corrected chi connectivity index (χ2v) is 2.23. The molecule has 1 rings (SSSR count). The van der Waals surface area contributed by atoms with Gasteiger partial charge in [0.1, 0.15) is 0 Å². The van der Waals surface area contributed by atoms with E-state index in [1.54, 1.807) is 0 Å². The maximum atomic E-state index is 11.2. The third-order valence-electron chi connectivity index (χ3n) is 1.63. The maximum Gasteiger partial charge on any atom is 0.205 e. The molecule has 9 heavy (non-hydrogen) atoms. The molecule has 0 saturated carbocycles. The normalized spacial score (nSPS) is 26.0. The van der Waals surface area contributed by atoms with Crippen molar-refractivity contribution < 1.29 is 14.6 Å². The first-order chi connectivity index (χ1) is 4.27. The lowest BCUT2D eigenvalue weighted by molar-refractivity contribution is -0.259. The average Bonchev–Trinajstić information content (AvgIpc) is 1.90. The molecule has 1 heterocycles. The van der Waals surface area contributed by atoms with Crippen LogP contribution in [0.1, 0.15) is 12.8 Å². The number of methoxy groups -OCH3 is 1. The van der Waals surface area contributed by atoms with Gasteiger partial charge in [0.2, 0.25) is 5.79 Å². The number of rotatable bonds is 1. The zero-order chi connectivity index (χ0) is 6.74. The lowest BCUT2D eigenvalue weighted by Gasteiger charge is -2.27. The second kappa shape index (κ2) is 2.64. The quantitative estimate of drug-likeness (QED) is 0.488. The van der Waals surface area contributed by atoms with Gasteiger partial charge in [-0.3, -0.25) is 0 Å². The van der Waals surface area contributed by atoms with Crippen LogP contribution in [0.2, 0.25) is 0 Å². The maximum absolute atomic E-state index is 11.2. The lowest BCUT2D eigenvalue weighted by Crippen LogP contribution is -2.36. The highest BCUT2D eigenvalue weighted by atomic mass is 16.6. The molecule has 1 radical (unpaired) electrons. The molecule has 0 bridgehead atoms. The summed E-state index contributed by atoms with van der Waals surface area (Å²) in [7, 11) is 1.46. The first kappa shape index (κ1) is 6.99. The van der Waals surface area contributed by atoms with Gasteiger partial charge in [-0.2, -0.15) is 5.11 Å². The van der Waals surface area contributed by atoms with E-state index >= 15 is 0 Å². The van der Waals surface area contributed by atoms with Gasteiger partial charge in [-0.25, -0.2) is 0 Å². The van der Waals surface area contributed by atoms with Gasteiger partial charge in [-0.05, 0) is 0 Å². The summed E-state index contributed by atoms with van der Waals surface area (Å²) in [5, 5.41) is 11.2. The Morgan fingerprint density at radius 1 is 1.44 bits per heavy atom. The molecule has 1 aliphatic rings. The van der Waals surface area contributed by atoms with E-state index in [9.17, 15) is 5.11 Å². The number of hydrogen-bond acceptors (Lipinski definition) is 2. The van der Waals surface area contributed by atoms with Crippen molar-refractivity contribution in [3.05, 3.63) is 0 Å². The third-order valence-corrected chi connectivity index (χ3v) is 1.63. The molecule has 0 atom stereocenters. The fourth-order valence-corrected chi connectivity index (χ4v) is 0.887. The second-order valence-electron chi connectivity index (χ2n) is 2.23. The van der Waals surface area contributed by atoms with Gasteiger partial charge in [-0.15, -0.1) is 0 Å². The summed E-state index contributed by atoms with van der Waals surface area (Å²) < 4.78 is 9.73. The lowest BCUT2D eigenvalue weighted by atomic mass is 10.1. The Morgan fingerprint density at radius 3 is 2.33 bits per heavy atom. The van der Waals surface area contributed by atoms with Gasteiger partial charge in [0, 0.05) is 20.0 Å². The molecule has 1 saturated heterocycles. The molecule has 1 aliphatic heterocycles. The molecule has 53 valence electrons. The van der Waals surface area contributed by atoms with Crippen molar-refractivity contribution in [3.63, 3.8) is 0 Å². The zero-order valence-electron chi connectivity index (χ0n) is 5.55. The zero-order valence-corrected chi connectivity index (χ0v) is 5.55. The third kappa shape index (κ3) is 1.64. The Labute approximate surface area is 54.6 Å². The molecule has 3 heteroatoms. The highest BCUT2D eigenvalue weighted by molar-refractivity contribution is 4.69. The van der Waals surface area contributed by atoms with Crippen molar-refractivity contribution in [1.82, 2.24) is 0 Å². The van der Waals surface area contributed by atoms with Gasteiger partial charge >= 0.3 is 0 Å². The highest BCUT2D eigenvalue weighted by Crippen LogP contribution is 2.20. The minimum atomic E-state index is -1.15. The summed E-state index contributed by atoms with van der Waals surface area (Å²) in [5.74, 6) is -1.15. The molecule has 0 amide bonds. The Bertz CT molecular complexity index is 86.3. The van der Waals surface area contributed by atoms with Gasteiger partial charge in [0.15, 0.2) is 0 Å². The van der Waals surface area contributed by atoms with E-state index in [1.165, 1.54) is 7.11 Å². The molecule has 0 aromatic heterocycles. The Kier molecular flexibility index (Phi) is 2.05. The molecule has 0 N–H and O–H groups in total. The van der Waals surface area contributed by atoms with Crippen LogP contribution in [0.25, 0.3) is 0 Å². The topological polar surface area (TPSA) is 38.4 Å². The summed E-state index contributed by atoms with van der Waals surface area (Å²) >= 11 is 0. The first-order valence-electron chi connectivity index (χ1n) is 3.10. The Morgan fingerprint density at radius 2 is 2.00 bits per heavy atom. The van der Waals surface area contributed by atoms with Crippen molar-refractivity contribution >= 4 is 0 Å². The molecule has 1 fully saturated rings. The predicted molar refractivity (Wildman–Crippen MR) is 30.5 cm³/mol. The van der Waals surface area contributed by atoms with Crippen LogP contribution in [0, 0.1) is 0 Å². The van der Waals surface area contributed by atoms with Crippen molar-refractivity contribution in [2.45, 2.75) is 18.6 Å². The van der Waals surface area contributed by atoms with Crippen LogP contribution >= 0.6 is 0 Å². The largest absolute Gasteiger partial charge is 0.381 e. The molecule has 0 unspecified atom stereocenters. The minimum absolute atomic E-state index is 0.476. The van der Waals surface area contributed by atoms with E-state index in [0.717, 1.165) is 0 Å². The van der Waals surface area contributed by atoms with Crippen LogP contribution in [0.5, 0.6) is 0 Å². The molecule has 0 aromatic rings. The molecule has 3 nitrogen and oxygen atoms in total. The Hall–Kier alpha value is -0.120. The number of ether oxygens (including phenoxy) is 2. The fraction of sp³-hybridized carbons (Fsp3) is 1.00. The van der Waals surface area contributed by atoms with Crippen molar-refractivity contribution in [1.29, 1.82) is 0 Å². The standard InChI is InChI=1S/C6H11O3/c1-8-6(7)2-4-9-5-3-6/h2-5H2,1H3. The van der Waals surface area contributed by atoms with Crippen LogP contribution in [-0.2, 0) is 14.6 Å². The van der Waals surface area contributed by atoms with Crippen molar-refractivity contribution in [3.8, 4) is 0 Å². The Balaban J connectivity index is 2.37. The predicted octanol–water partition coefficient (Wildman–Crippen LogP) is 0.570. The van der Waals surface area contributed by atoms with Crippen LogP contribution < -0.4 is 0 Å². The summed E-state index contributed by atoms with van der Waals surface area (Å²) in [5.41, 5.74) is 0. The van der Waals surface area contributed by atoms with E-state index in [0.29, 0.717) is 26.1 Å². The van der Waals surface area contributed by atoms with E-state index in [4.69, 9.17) is 9.47 Å². The monoisotopic (exact) mass is 131 g/mol. The SMILES string of the molecule is COC1([O])CCOCC1. The van der Waals surface area contributed by atoms with Crippen molar-refractivity contribution in [2.24, 2.45) is 0 Å². The molecule has 0 aliphatic carbocycles. The summed E-state index contributed by atoms with van der Waals surface area (Å²) in [4.78, 5) is 0. The average molecular weight is 131 g/mol. The summed E-state index contributed by atoms with van der Waals surface area (Å²) in [6, 6.07) is 0. The fourth-order valence-electron chi connectivity index (χ4n) is 0.887. The van der Waals surface area contributed by atoms with E-state index in [-0.39, 0.29) is 0 Å². The van der Waals surface area contributed by atoms with Gasteiger partial charge < -0.3 is 9.47 Å². The first-order valence-corrected chi connectivity index (χ1v) is 3.10. The van der Waals surface area contributed by atoms with E-state index in [1.807, 2.05) is 0 Å². The molecule has 0 spiro atoms. The van der Waals surface area contributed by atoms with Gasteiger partial charge in [0.05, 0.1) is 13.2 Å². The summed E-state index contributed by atoms with van der Waals surface area (Å²) in [6.07, 6.45) is 0.951. The van der Waals surface area contributed by atoms with E-state index < -0.39 is 5.79 Å². The molecule has 0 aromatic carbocycles. The molecular formula is C6H11O3. The smallest absolute Gasteiger partial charge is 0.205 e. The van der Waals surface area contributed by atoms with Crippen molar-refractivity contribution in [2.75, 3.05) is 20.3 Å². The highest BCUT2D eigenvalue weighted by Gasteiger charge is 2.31. The molecular weight excluding hydrogens is 120 g/mol. The number of hydrogen-bond donors (Lipinski definition) is 0. The minimum Gasteiger partial charge on any atom is -0.381 e. The van der Waals surface area contributed by atoms with Crippen LogP contribution in [0.15, 0.2) is 0 Å². The van der Waals surface area contributed by atoms with Crippen LogP contribution in [0.4, 0.5) is 0 Å². The summed E-state index contributed by atoms with van der Waals surface area (Å²) in [6.45, 7) is 1.08. The van der Waals surface area contributed by atoms with Gasteiger partial charge in [0.25, 0.3) is 0 Å². The van der Waals surface area contributed by atoms with E-state index in [2.05, 4.69) is 0 Å². The van der Waals surface area contributed by atoms with Gasteiger partial charge in [-0.1, -0.05) is 0 Å².